The number of carboxylic acids is 1. The number of alkyl carbamates (subject to hydrolysis) is 1. The van der Waals surface area contributed by atoms with Gasteiger partial charge in [0.05, 0.1) is 0 Å². The first-order valence-electron chi connectivity index (χ1n) is 6.33. The van der Waals surface area contributed by atoms with Crippen molar-refractivity contribution < 1.29 is 19.4 Å². The number of thioether (sulfide) groups is 1. The van der Waals surface area contributed by atoms with Crippen molar-refractivity contribution in [2.75, 3.05) is 5.75 Å². The van der Waals surface area contributed by atoms with Crippen LogP contribution < -0.4 is 5.32 Å². The summed E-state index contributed by atoms with van der Waals surface area (Å²) >= 11 is 1.52. The third-order valence-corrected chi connectivity index (χ3v) is 4.05. The van der Waals surface area contributed by atoms with Gasteiger partial charge in [-0.2, -0.15) is 11.8 Å². The summed E-state index contributed by atoms with van der Waals surface area (Å²) in [6.07, 6.45) is 0.228. The van der Waals surface area contributed by atoms with E-state index in [1.807, 2.05) is 20.8 Å². The first kappa shape index (κ1) is 18.1. The molecule has 1 atom stereocenters. The number of amides is 1. The number of hydrogen-bond donors (Lipinski definition) is 2. The van der Waals surface area contributed by atoms with E-state index in [9.17, 15) is 9.59 Å². The van der Waals surface area contributed by atoms with Crippen molar-refractivity contribution in [2.45, 2.75) is 64.4 Å². The Morgan fingerprint density at radius 1 is 1.26 bits per heavy atom. The first-order chi connectivity index (χ1) is 8.47. The van der Waals surface area contributed by atoms with Crippen LogP contribution in [0.1, 0.15) is 48.0 Å². The average Bonchev–Trinajstić information content (AvgIpc) is 2.21. The van der Waals surface area contributed by atoms with Crippen LogP contribution in [-0.4, -0.2) is 39.3 Å². The van der Waals surface area contributed by atoms with E-state index in [0.717, 1.165) is 6.42 Å². The zero-order chi connectivity index (χ0) is 15.3. The van der Waals surface area contributed by atoms with Crippen LogP contribution in [-0.2, 0) is 9.53 Å². The van der Waals surface area contributed by atoms with E-state index in [2.05, 4.69) is 5.32 Å². The highest BCUT2D eigenvalue weighted by Crippen LogP contribution is 2.28. The Labute approximate surface area is 119 Å². The minimum absolute atomic E-state index is 0.0106. The highest BCUT2D eigenvalue weighted by molar-refractivity contribution is 8.00. The van der Waals surface area contributed by atoms with Crippen LogP contribution in [0.15, 0.2) is 0 Å². The van der Waals surface area contributed by atoms with E-state index >= 15 is 0 Å². The Morgan fingerprint density at radius 2 is 1.79 bits per heavy atom. The van der Waals surface area contributed by atoms with E-state index in [0.29, 0.717) is 5.75 Å². The van der Waals surface area contributed by atoms with Crippen LogP contribution in [0, 0.1) is 0 Å². The molecule has 5 nitrogen and oxygen atoms in total. The molecule has 19 heavy (non-hydrogen) atoms. The van der Waals surface area contributed by atoms with Crippen molar-refractivity contribution in [1.29, 1.82) is 0 Å². The van der Waals surface area contributed by atoms with Gasteiger partial charge in [0.1, 0.15) is 11.6 Å². The SMILES string of the molecule is CCC(C)(C)SC[C@@H](NC(=O)OC(C)(C)C)C(=O)O. The van der Waals surface area contributed by atoms with Gasteiger partial charge < -0.3 is 15.2 Å². The van der Waals surface area contributed by atoms with Gasteiger partial charge in [-0.05, 0) is 27.2 Å². The minimum atomic E-state index is -1.05. The number of rotatable bonds is 6. The van der Waals surface area contributed by atoms with Gasteiger partial charge in [0.2, 0.25) is 0 Å². The smallest absolute Gasteiger partial charge is 0.408 e. The predicted octanol–water partition coefficient (Wildman–Crippen LogP) is 2.89. The highest BCUT2D eigenvalue weighted by atomic mass is 32.2. The van der Waals surface area contributed by atoms with Crippen LogP contribution in [0.4, 0.5) is 4.79 Å². The second-order valence-electron chi connectivity index (χ2n) is 5.96. The van der Waals surface area contributed by atoms with Crippen LogP contribution in [0.25, 0.3) is 0 Å². The molecule has 0 aromatic heterocycles. The number of aliphatic carboxylic acids is 1. The Hall–Kier alpha value is -0.910. The summed E-state index contributed by atoms with van der Waals surface area (Å²) in [5, 5.41) is 11.5. The molecule has 0 saturated heterocycles. The molecule has 0 radical (unpaired) electrons. The molecular weight excluding hydrogens is 266 g/mol. The van der Waals surface area contributed by atoms with E-state index in [4.69, 9.17) is 9.84 Å². The maximum atomic E-state index is 11.6. The van der Waals surface area contributed by atoms with Crippen molar-refractivity contribution in [3.05, 3.63) is 0 Å². The molecule has 0 fully saturated rings. The summed E-state index contributed by atoms with van der Waals surface area (Å²) in [7, 11) is 0. The zero-order valence-electron chi connectivity index (χ0n) is 12.6. The molecule has 0 aliphatic heterocycles. The Morgan fingerprint density at radius 3 is 2.16 bits per heavy atom. The second kappa shape index (κ2) is 7.03. The van der Waals surface area contributed by atoms with Gasteiger partial charge in [-0.3, -0.25) is 0 Å². The topological polar surface area (TPSA) is 75.6 Å². The molecule has 112 valence electrons. The zero-order valence-corrected chi connectivity index (χ0v) is 13.4. The fourth-order valence-electron chi connectivity index (χ4n) is 1.04. The van der Waals surface area contributed by atoms with Crippen LogP contribution in [0.3, 0.4) is 0 Å². The molecule has 6 heteroatoms. The molecule has 0 heterocycles. The predicted molar refractivity (Wildman–Crippen MR) is 77.6 cm³/mol. The highest BCUT2D eigenvalue weighted by Gasteiger charge is 2.26. The molecule has 1 amide bonds. The molecule has 0 unspecified atom stereocenters. The van der Waals surface area contributed by atoms with Gasteiger partial charge in [-0.25, -0.2) is 9.59 Å². The number of ether oxygens (including phenoxy) is 1. The first-order valence-corrected chi connectivity index (χ1v) is 7.31. The third-order valence-electron chi connectivity index (χ3n) is 2.48. The van der Waals surface area contributed by atoms with Crippen molar-refractivity contribution in [1.82, 2.24) is 5.32 Å². The number of carbonyl (C=O) groups excluding carboxylic acids is 1. The van der Waals surface area contributed by atoms with Crippen molar-refractivity contribution in [3.63, 3.8) is 0 Å². The van der Waals surface area contributed by atoms with Crippen molar-refractivity contribution in [2.24, 2.45) is 0 Å². The van der Waals surface area contributed by atoms with Gasteiger partial charge in [0.25, 0.3) is 0 Å². The van der Waals surface area contributed by atoms with E-state index in [-0.39, 0.29) is 4.75 Å². The normalized spacial score (nSPS) is 13.8. The lowest BCUT2D eigenvalue weighted by Gasteiger charge is -2.25. The molecule has 0 aromatic carbocycles. The van der Waals surface area contributed by atoms with Crippen LogP contribution in [0.5, 0.6) is 0 Å². The maximum absolute atomic E-state index is 11.6. The third kappa shape index (κ3) is 8.75. The summed E-state index contributed by atoms with van der Waals surface area (Å²) in [5.41, 5.74) is -0.636. The summed E-state index contributed by atoms with van der Waals surface area (Å²) in [5.74, 6) is -0.736. The fraction of sp³-hybridized carbons (Fsp3) is 0.846. The Bertz CT molecular complexity index is 323. The van der Waals surface area contributed by atoms with E-state index in [1.54, 1.807) is 20.8 Å². The number of hydrogen-bond acceptors (Lipinski definition) is 4. The second-order valence-corrected chi connectivity index (χ2v) is 7.69. The van der Waals surface area contributed by atoms with E-state index < -0.39 is 23.7 Å². The quantitative estimate of drug-likeness (QED) is 0.787. The maximum Gasteiger partial charge on any atom is 0.408 e. The van der Waals surface area contributed by atoms with E-state index in [1.165, 1.54) is 11.8 Å². The van der Waals surface area contributed by atoms with Gasteiger partial charge >= 0.3 is 12.1 Å². The monoisotopic (exact) mass is 291 g/mol. The largest absolute Gasteiger partial charge is 0.480 e. The molecule has 0 aliphatic carbocycles. The summed E-state index contributed by atoms with van der Waals surface area (Å²) < 4.78 is 5.04. The lowest BCUT2D eigenvalue weighted by atomic mass is 10.1. The molecule has 0 aliphatic rings. The fourth-order valence-corrected chi connectivity index (χ4v) is 2.08. The number of carboxylic acid groups (broad SMARTS) is 1. The van der Waals surface area contributed by atoms with Gasteiger partial charge in [0, 0.05) is 10.5 Å². The summed E-state index contributed by atoms with van der Waals surface area (Å²) in [6, 6.07) is -0.939. The number of carbonyl (C=O) groups is 2. The Balaban J connectivity index is 4.43. The lowest BCUT2D eigenvalue weighted by molar-refractivity contribution is -0.138. The molecule has 0 bridgehead atoms. The van der Waals surface area contributed by atoms with Crippen LogP contribution >= 0.6 is 11.8 Å². The number of nitrogens with one attached hydrogen (secondary N) is 1. The van der Waals surface area contributed by atoms with Crippen LogP contribution in [0.2, 0.25) is 0 Å². The Kier molecular flexibility index (Phi) is 6.69. The summed E-state index contributed by atoms with van der Waals surface area (Å²) in [4.78, 5) is 22.7. The standard InChI is InChI=1S/C13H25NO4S/c1-7-13(5,6)19-8-9(10(15)16)14-11(17)18-12(2,3)4/h9H,7-8H2,1-6H3,(H,14,17)(H,15,16)/t9-/m1/s1. The molecule has 0 saturated carbocycles. The van der Waals surface area contributed by atoms with Gasteiger partial charge in [-0.1, -0.05) is 20.8 Å². The van der Waals surface area contributed by atoms with Crippen molar-refractivity contribution in [3.8, 4) is 0 Å². The molecule has 0 aromatic rings. The minimum Gasteiger partial charge on any atom is -0.480 e. The summed E-state index contributed by atoms with van der Waals surface area (Å²) in [6.45, 7) is 11.3. The lowest BCUT2D eigenvalue weighted by Crippen LogP contribution is -2.45. The molecule has 2 N–H and O–H groups in total. The van der Waals surface area contributed by atoms with Crippen molar-refractivity contribution >= 4 is 23.8 Å². The molecule has 0 rings (SSSR count). The molecular formula is C13H25NO4S. The van der Waals surface area contributed by atoms with Gasteiger partial charge in [0.15, 0.2) is 0 Å². The molecule has 0 spiro atoms. The van der Waals surface area contributed by atoms with Gasteiger partial charge in [-0.15, -0.1) is 0 Å². The average molecular weight is 291 g/mol.